The third-order valence-electron chi connectivity index (χ3n) is 2.68. The van der Waals surface area contributed by atoms with Gasteiger partial charge in [0.05, 0.1) is 10.0 Å². The summed E-state index contributed by atoms with van der Waals surface area (Å²) < 4.78 is 8.23. The fraction of sp³-hybridized carbons (Fsp3) is 0.231. The lowest BCUT2D eigenvalue weighted by Gasteiger charge is -2.09. The summed E-state index contributed by atoms with van der Waals surface area (Å²) in [6.07, 6.45) is 3.62. The predicted octanol–water partition coefficient (Wildman–Crippen LogP) is 2.94. The third kappa shape index (κ3) is 3.14. The van der Waals surface area contributed by atoms with E-state index in [4.69, 9.17) is 9.84 Å². The van der Waals surface area contributed by atoms with Crippen LogP contribution in [0.3, 0.4) is 0 Å². The Morgan fingerprint density at radius 3 is 2.95 bits per heavy atom. The van der Waals surface area contributed by atoms with Crippen molar-refractivity contribution >= 4 is 21.9 Å². The van der Waals surface area contributed by atoms with Gasteiger partial charge in [0.25, 0.3) is 0 Å². The van der Waals surface area contributed by atoms with Crippen LogP contribution < -0.4 is 4.74 Å². The summed E-state index contributed by atoms with van der Waals surface area (Å²) in [7, 11) is 0. The zero-order chi connectivity index (χ0) is 13.8. The first-order valence-electron chi connectivity index (χ1n) is 5.77. The van der Waals surface area contributed by atoms with Crippen molar-refractivity contribution in [3.8, 4) is 5.75 Å². The molecule has 0 unspecified atom stereocenters. The van der Waals surface area contributed by atoms with Crippen molar-refractivity contribution in [3.05, 3.63) is 46.5 Å². The smallest absolute Gasteiger partial charge is 0.335 e. The minimum absolute atomic E-state index is 0.217. The lowest BCUT2D eigenvalue weighted by Crippen LogP contribution is -2.06. The van der Waals surface area contributed by atoms with Crippen molar-refractivity contribution < 1.29 is 14.6 Å². The number of aromatic nitrogens is 2. The van der Waals surface area contributed by atoms with E-state index in [-0.39, 0.29) is 5.56 Å². The highest BCUT2D eigenvalue weighted by Crippen LogP contribution is 2.26. The van der Waals surface area contributed by atoms with Gasteiger partial charge in [-0.25, -0.2) is 9.78 Å². The fourth-order valence-corrected chi connectivity index (χ4v) is 2.15. The van der Waals surface area contributed by atoms with Crippen molar-refractivity contribution in [3.63, 3.8) is 0 Å². The van der Waals surface area contributed by atoms with Crippen LogP contribution in [-0.4, -0.2) is 20.6 Å². The van der Waals surface area contributed by atoms with Gasteiger partial charge in [-0.05, 0) is 41.1 Å². The largest absolute Gasteiger partial charge is 0.484 e. The Bertz CT molecular complexity index is 595. The van der Waals surface area contributed by atoms with Crippen LogP contribution >= 0.6 is 15.9 Å². The minimum atomic E-state index is -0.964. The molecule has 6 heteroatoms. The maximum absolute atomic E-state index is 10.8. The highest BCUT2D eigenvalue weighted by Gasteiger charge is 2.09. The molecule has 1 heterocycles. The third-order valence-corrected chi connectivity index (χ3v) is 3.30. The highest BCUT2D eigenvalue weighted by atomic mass is 79.9. The molecule has 1 aromatic carbocycles. The van der Waals surface area contributed by atoms with E-state index in [0.717, 1.165) is 12.4 Å². The molecule has 1 aromatic heterocycles. The summed E-state index contributed by atoms with van der Waals surface area (Å²) >= 11 is 3.30. The van der Waals surface area contributed by atoms with Crippen molar-refractivity contribution in [1.29, 1.82) is 0 Å². The van der Waals surface area contributed by atoms with Gasteiger partial charge in [0.2, 0.25) is 0 Å². The molecule has 0 bridgehead atoms. The van der Waals surface area contributed by atoms with Gasteiger partial charge in [-0.2, -0.15) is 0 Å². The molecular weight excluding hydrogens is 312 g/mol. The molecule has 0 saturated carbocycles. The van der Waals surface area contributed by atoms with E-state index in [1.807, 2.05) is 17.7 Å². The molecule has 19 heavy (non-hydrogen) atoms. The summed E-state index contributed by atoms with van der Waals surface area (Å²) in [5.74, 6) is 0.459. The average Bonchev–Trinajstić information content (AvgIpc) is 2.84. The zero-order valence-electron chi connectivity index (χ0n) is 10.3. The number of aromatic carboxylic acids is 1. The van der Waals surface area contributed by atoms with E-state index in [0.29, 0.717) is 16.8 Å². The van der Waals surface area contributed by atoms with Crippen molar-refractivity contribution in [2.24, 2.45) is 0 Å². The number of carbonyl (C=O) groups is 1. The number of imidazole rings is 1. The molecule has 0 amide bonds. The standard InChI is InChI=1S/C13H13BrN2O3/c1-2-16-6-5-15-12(16)8-19-11-4-3-9(13(17)18)7-10(11)14/h3-7H,2,8H2,1H3,(H,17,18). The van der Waals surface area contributed by atoms with Gasteiger partial charge < -0.3 is 14.4 Å². The van der Waals surface area contributed by atoms with Gasteiger partial charge in [0, 0.05) is 18.9 Å². The number of rotatable bonds is 5. The summed E-state index contributed by atoms with van der Waals surface area (Å²) in [5.41, 5.74) is 0.217. The van der Waals surface area contributed by atoms with Gasteiger partial charge in [0.15, 0.2) is 0 Å². The lowest BCUT2D eigenvalue weighted by molar-refractivity contribution is 0.0696. The summed E-state index contributed by atoms with van der Waals surface area (Å²) in [6.45, 7) is 3.20. The number of halogens is 1. The van der Waals surface area contributed by atoms with Gasteiger partial charge in [0.1, 0.15) is 18.2 Å². The van der Waals surface area contributed by atoms with Crippen LogP contribution in [0.25, 0.3) is 0 Å². The van der Waals surface area contributed by atoms with E-state index in [9.17, 15) is 4.79 Å². The van der Waals surface area contributed by atoms with Crippen molar-refractivity contribution in [2.45, 2.75) is 20.1 Å². The molecule has 0 aliphatic carbocycles. The van der Waals surface area contributed by atoms with Crippen LogP contribution in [0.2, 0.25) is 0 Å². The summed E-state index contributed by atoms with van der Waals surface area (Å²) in [4.78, 5) is 15.0. The number of benzene rings is 1. The molecule has 0 saturated heterocycles. The maximum atomic E-state index is 10.8. The molecule has 100 valence electrons. The van der Waals surface area contributed by atoms with Crippen LogP contribution in [-0.2, 0) is 13.2 Å². The molecule has 0 spiro atoms. The Labute approximate surface area is 119 Å². The number of hydrogen-bond acceptors (Lipinski definition) is 3. The first kappa shape index (κ1) is 13.6. The van der Waals surface area contributed by atoms with Crippen LogP contribution in [0.5, 0.6) is 5.75 Å². The summed E-state index contributed by atoms with van der Waals surface area (Å²) in [6, 6.07) is 4.66. The molecule has 0 fully saturated rings. The number of nitrogens with zero attached hydrogens (tertiary/aromatic N) is 2. The Kier molecular flexibility index (Phi) is 4.21. The number of aryl methyl sites for hydroxylation is 1. The molecule has 0 aliphatic rings. The van der Waals surface area contributed by atoms with Gasteiger partial charge in [-0.3, -0.25) is 0 Å². The lowest BCUT2D eigenvalue weighted by atomic mass is 10.2. The second kappa shape index (κ2) is 5.88. The molecule has 0 atom stereocenters. The van der Waals surface area contributed by atoms with Crippen molar-refractivity contribution in [2.75, 3.05) is 0 Å². The SMILES string of the molecule is CCn1ccnc1COc1ccc(C(=O)O)cc1Br. The van der Waals surface area contributed by atoms with Gasteiger partial charge in [-0.1, -0.05) is 0 Å². The van der Waals surface area contributed by atoms with E-state index in [2.05, 4.69) is 20.9 Å². The van der Waals surface area contributed by atoms with Crippen LogP contribution in [0.4, 0.5) is 0 Å². The molecular formula is C13H13BrN2O3. The van der Waals surface area contributed by atoms with Crippen LogP contribution in [0.1, 0.15) is 23.1 Å². The van der Waals surface area contributed by atoms with Crippen LogP contribution in [0.15, 0.2) is 35.1 Å². The zero-order valence-corrected chi connectivity index (χ0v) is 11.9. The minimum Gasteiger partial charge on any atom is -0.484 e. The fourth-order valence-electron chi connectivity index (χ4n) is 1.66. The van der Waals surface area contributed by atoms with E-state index >= 15 is 0 Å². The summed E-state index contributed by atoms with van der Waals surface area (Å²) in [5, 5.41) is 8.87. The molecule has 1 N–H and O–H groups in total. The van der Waals surface area contributed by atoms with Crippen molar-refractivity contribution in [1.82, 2.24) is 9.55 Å². The molecule has 0 radical (unpaired) electrons. The normalized spacial score (nSPS) is 10.4. The molecule has 2 rings (SSSR count). The van der Waals surface area contributed by atoms with E-state index in [1.54, 1.807) is 12.3 Å². The topological polar surface area (TPSA) is 64.4 Å². The van der Waals surface area contributed by atoms with Crippen LogP contribution in [0, 0.1) is 0 Å². The first-order chi connectivity index (χ1) is 9.11. The van der Waals surface area contributed by atoms with Gasteiger partial charge in [-0.15, -0.1) is 0 Å². The number of carboxylic acids is 1. The Morgan fingerprint density at radius 2 is 2.32 bits per heavy atom. The predicted molar refractivity (Wildman–Crippen MR) is 73.3 cm³/mol. The number of hydrogen-bond donors (Lipinski definition) is 1. The van der Waals surface area contributed by atoms with Gasteiger partial charge >= 0.3 is 5.97 Å². The Hall–Kier alpha value is -1.82. The maximum Gasteiger partial charge on any atom is 0.335 e. The number of carboxylic acid groups (broad SMARTS) is 1. The van der Waals surface area contributed by atoms with E-state index < -0.39 is 5.97 Å². The Balaban J connectivity index is 2.10. The average molecular weight is 325 g/mol. The number of ether oxygens (including phenoxy) is 1. The molecule has 5 nitrogen and oxygen atoms in total. The highest BCUT2D eigenvalue weighted by molar-refractivity contribution is 9.10. The second-order valence-corrected chi connectivity index (χ2v) is 4.72. The quantitative estimate of drug-likeness (QED) is 0.918. The molecule has 0 aliphatic heterocycles. The molecule has 2 aromatic rings. The Morgan fingerprint density at radius 1 is 1.53 bits per heavy atom. The first-order valence-corrected chi connectivity index (χ1v) is 6.56. The monoisotopic (exact) mass is 324 g/mol. The van der Waals surface area contributed by atoms with E-state index in [1.165, 1.54) is 12.1 Å². The second-order valence-electron chi connectivity index (χ2n) is 3.87.